The van der Waals surface area contributed by atoms with Crippen molar-refractivity contribution >= 4 is 53.1 Å². The molecule has 0 saturated heterocycles. The van der Waals surface area contributed by atoms with E-state index >= 15 is 4.39 Å². The number of esters is 1. The first kappa shape index (κ1) is 35.1. The molecule has 0 aliphatic heterocycles. The van der Waals surface area contributed by atoms with Crippen LogP contribution in [0.25, 0.3) is 34.5 Å². The molecule has 5 rings (SSSR count). The molecule has 1 N–H and O–H groups in total. The smallest absolute Gasteiger partial charge is 0.411 e. The Morgan fingerprint density at radius 3 is 2.33 bits per heavy atom. The average molecular weight is 707 g/mol. The van der Waals surface area contributed by atoms with Crippen LogP contribution in [0, 0.1) is 11.6 Å². The first-order chi connectivity index (χ1) is 23.5. The summed E-state index contributed by atoms with van der Waals surface area (Å²) in [6.07, 6.45) is 4.43. The van der Waals surface area contributed by atoms with Crippen LogP contribution in [0.15, 0.2) is 79.0 Å². The van der Waals surface area contributed by atoms with E-state index in [4.69, 9.17) is 37.7 Å². The molecular formula is C37H31Cl2F2N3O5. The van der Waals surface area contributed by atoms with E-state index < -0.39 is 29.3 Å². The molecule has 4 aromatic carbocycles. The van der Waals surface area contributed by atoms with Crippen molar-refractivity contribution in [3.05, 3.63) is 123 Å². The predicted octanol–water partition coefficient (Wildman–Crippen LogP) is 9.77. The molecule has 0 aliphatic rings. The second kappa shape index (κ2) is 15.4. The van der Waals surface area contributed by atoms with Gasteiger partial charge in [0.05, 0.1) is 48.8 Å². The second-order valence-electron chi connectivity index (χ2n) is 11.1. The fourth-order valence-corrected chi connectivity index (χ4v) is 5.47. The number of anilines is 1. The summed E-state index contributed by atoms with van der Waals surface area (Å²) in [6.45, 7) is 3.43. The molecule has 0 aliphatic carbocycles. The van der Waals surface area contributed by atoms with Crippen LogP contribution >= 0.6 is 23.2 Å². The third kappa shape index (κ3) is 8.28. The highest BCUT2D eigenvalue weighted by atomic mass is 35.5. The molecule has 0 fully saturated rings. The van der Waals surface area contributed by atoms with E-state index in [9.17, 15) is 14.0 Å². The van der Waals surface area contributed by atoms with E-state index in [1.165, 1.54) is 19.2 Å². The quantitative estimate of drug-likeness (QED) is 0.146. The zero-order valence-electron chi connectivity index (χ0n) is 26.9. The topological polar surface area (TPSA) is 91.7 Å². The number of ether oxygens (including phenoxy) is 3. The lowest BCUT2D eigenvalue weighted by Gasteiger charge is -2.13. The fourth-order valence-electron chi connectivity index (χ4n) is 4.96. The third-order valence-corrected chi connectivity index (χ3v) is 7.92. The summed E-state index contributed by atoms with van der Waals surface area (Å²) >= 11 is 12.6. The van der Waals surface area contributed by atoms with Gasteiger partial charge in [0, 0.05) is 22.3 Å². The molecule has 0 saturated carbocycles. The molecular weight excluding hydrogens is 675 g/mol. The Morgan fingerprint density at radius 1 is 0.918 bits per heavy atom. The van der Waals surface area contributed by atoms with Gasteiger partial charge in [0.15, 0.2) is 11.6 Å². The molecule has 1 amide bonds. The zero-order chi connectivity index (χ0) is 35.2. The van der Waals surface area contributed by atoms with Crippen LogP contribution < -0.4 is 10.1 Å². The lowest BCUT2D eigenvalue weighted by molar-refractivity contribution is 0.0594. The highest BCUT2D eigenvalue weighted by Gasteiger charge is 2.20. The molecule has 8 nitrogen and oxygen atoms in total. The summed E-state index contributed by atoms with van der Waals surface area (Å²) in [7, 11) is 2.61. The van der Waals surface area contributed by atoms with Crippen molar-refractivity contribution in [2.24, 2.45) is 0 Å². The Bertz CT molecular complexity index is 2050. The molecule has 1 aromatic heterocycles. The van der Waals surface area contributed by atoms with Crippen molar-refractivity contribution < 1.29 is 32.6 Å². The monoisotopic (exact) mass is 705 g/mol. The number of nitrogens with one attached hydrogen (secondary N) is 1. The van der Waals surface area contributed by atoms with Gasteiger partial charge < -0.3 is 18.8 Å². The van der Waals surface area contributed by atoms with Gasteiger partial charge in [0.2, 0.25) is 0 Å². The Balaban J connectivity index is 1.43. The van der Waals surface area contributed by atoms with Gasteiger partial charge in [-0.1, -0.05) is 65.7 Å². The van der Waals surface area contributed by atoms with Crippen LogP contribution in [0.3, 0.4) is 0 Å². The molecule has 252 valence electrons. The number of hydrogen-bond donors (Lipinski definition) is 1. The standard InChI is InChI=1S/C37H31Cl2F2N3O5/c1-21(2)49-37(46)43-30-15-11-24(17-32(30)47-3)23-8-5-22(6-9-23)7-16-33-42-31(27-14-12-26(38)18-29(27)39)20-44(33)19-25-10-13-28(36(45)48-4)35(41)34(25)40/h5-18,20-21H,19H2,1-4H3,(H,43,46). The number of hydrogen-bond acceptors (Lipinski definition) is 6. The maximum Gasteiger partial charge on any atom is 0.411 e. The summed E-state index contributed by atoms with van der Waals surface area (Å²) in [6, 6.07) is 20.6. The summed E-state index contributed by atoms with van der Waals surface area (Å²) in [4.78, 5) is 28.7. The van der Waals surface area contributed by atoms with Gasteiger partial charge in [-0.3, -0.25) is 5.32 Å². The van der Waals surface area contributed by atoms with E-state index in [1.54, 1.807) is 55.0 Å². The number of rotatable bonds is 10. The Morgan fingerprint density at radius 2 is 1.65 bits per heavy atom. The second-order valence-corrected chi connectivity index (χ2v) is 11.9. The molecule has 49 heavy (non-hydrogen) atoms. The van der Waals surface area contributed by atoms with Gasteiger partial charge in [-0.15, -0.1) is 0 Å². The van der Waals surface area contributed by atoms with E-state index in [0.717, 1.165) is 23.8 Å². The zero-order valence-corrected chi connectivity index (χ0v) is 28.4. The summed E-state index contributed by atoms with van der Waals surface area (Å²) in [5, 5.41) is 3.52. The fraction of sp³-hybridized carbons (Fsp3) is 0.162. The maximum atomic E-state index is 15.1. The maximum absolute atomic E-state index is 15.1. The molecule has 0 atom stereocenters. The lowest BCUT2D eigenvalue weighted by Crippen LogP contribution is -2.18. The van der Waals surface area contributed by atoms with Gasteiger partial charge in [-0.05, 0) is 73.0 Å². The summed E-state index contributed by atoms with van der Waals surface area (Å²) < 4.78 is 46.7. The first-order valence-corrected chi connectivity index (χ1v) is 15.7. The normalized spacial score (nSPS) is 11.2. The van der Waals surface area contributed by atoms with Gasteiger partial charge in [-0.25, -0.2) is 23.4 Å². The highest BCUT2D eigenvalue weighted by Crippen LogP contribution is 2.33. The van der Waals surface area contributed by atoms with Gasteiger partial charge in [-0.2, -0.15) is 0 Å². The number of carbonyl (C=O) groups is 2. The minimum atomic E-state index is -1.29. The van der Waals surface area contributed by atoms with Crippen molar-refractivity contribution in [2.75, 3.05) is 19.5 Å². The molecule has 0 spiro atoms. The minimum absolute atomic E-state index is 0.00349. The predicted molar refractivity (Wildman–Crippen MR) is 187 cm³/mol. The lowest BCUT2D eigenvalue weighted by atomic mass is 10.0. The molecule has 1 heterocycles. The van der Waals surface area contributed by atoms with Crippen LogP contribution in [0.2, 0.25) is 10.0 Å². The van der Waals surface area contributed by atoms with Crippen LogP contribution in [-0.4, -0.2) is 41.9 Å². The number of carbonyl (C=O) groups excluding carboxylic acids is 2. The number of methoxy groups -OCH3 is 2. The van der Waals surface area contributed by atoms with E-state index in [2.05, 4.69) is 10.1 Å². The number of imidazole rings is 1. The van der Waals surface area contributed by atoms with Crippen LogP contribution in [0.4, 0.5) is 19.3 Å². The van der Waals surface area contributed by atoms with Crippen LogP contribution in [-0.2, 0) is 16.0 Å². The summed E-state index contributed by atoms with van der Waals surface area (Å²) in [5.74, 6) is -2.52. The first-order valence-electron chi connectivity index (χ1n) is 15.0. The number of benzene rings is 4. The van der Waals surface area contributed by atoms with Gasteiger partial charge >= 0.3 is 12.1 Å². The van der Waals surface area contributed by atoms with Crippen LogP contribution in [0.1, 0.15) is 41.2 Å². The van der Waals surface area contributed by atoms with Crippen molar-refractivity contribution in [1.82, 2.24) is 9.55 Å². The molecule has 0 radical (unpaired) electrons. The Labute approximate surface area is 291 Å². The molecule has 12 heteroatoms. The number of halogens is 4. The number of nitrogens with zero attached hydrogens (tertiary/aromatic N) is 2. The van der Waals surface area contributed by atoms with Crippen molar-refractivity contribution in [2.45, 2.75) is 26.5 Å². The Hall–Kier alpha value is -5.19. The van der Waals surface area contributed by atoms with Crippen molar-refractivity contribution in [3.8, 4) is 28.1 Å². The van der Waals surface area contributed by atoms with Crippen molar-refractivity contribution in [1.29, 1.82) is 0 Å². The summed E-state index contributed by atoms with van der Waals surface area (Å²) in [5.41, 5.74) is 3.69. The SMILES string of the molecule is COC(=O)c1ccc(Cn2cc(-c3ccc(Cl)cc3Cl)nc2C=Cc2ccc(-c3ccc(NC(=O)OC(C)C)c(OC)c3)cc2)c(F)c1F. The molecule has 0 unspecified atom stereocenters. The average Bonchev–Trinajstić information content (AvgIpc) is 3.47. The largest absolute Gasteiger partial charge is 0.495 e. The van der Waals surface area contributed by atoms with E-state index in [-0.39, 0.29) is 18.2 Å². The van der Waals surface area contributed by atoms with E-state index in [0.29, 0.717) is 38.6 Å². The van der Waals surface area contributed by atoms with Gasteiger partial charge in [0.1, 0.15) is 11.6 Å². The van der Waals surface area contributed by atoms with Crippen LogP contribution in [0.5, 0.6) is 5.75 Å². The highest BCUT2D eigenvalue weighted by molar-refractivity contribution is 6.36. The molecule has 0 bridgehead atoms. The number of amides is 1. The Kier molecular flexibility index (Phi) is 11.0. The molecule has 5 aromatic rings. The third-order valence-electron chi connectivity index (χ3n) is 7.37. The minimum Gasteiger partial charge on any atom is -0.495 e. The van der Waals surface area contributed by atoms with E-state index in [1.807, 2.05) is 42.5 Å². The van der Waals surface area contributed by atoms with Crippen molar-refractivity contribution in [3.63, 3.8) is 0 Å². The number of aromatic nitrogens is 2. The van der Waals surface area contributed by atoms with Gasteiger partial charge in [0.25, 0.3) is 0 Å².